The Balaban J connectivity index is 0.000000276. The third-order valence-electron chi connectivity index (χ3n) is 5.69. The van der Waals surface area contributed by atoms with Gasteiger partial charge in [-0.1, -0.05) is 6.07 Å². The normalized spacial score (nSPS) is 17.4. The standard InChI is InChI=1S/C21H19N3O2S.2C2HF3O2/c25-20(16-5-6-19-15(9-16)3-1-8-23-19)24-13-21(14-24)10-18(12-27-21)26-17-4-2-7-22-11-17;2*3-2(4,5)1(6)7/h1-9,11,18H,10,12-14H2;2*(H,6,7). The maximum atomic E-state index is 12.8. The van der Waals surface area contributed by atoms with Crippen molar-refractivity contribution in [1.29, 1.82) is 0 Å². The van der Waals surface area contributed by atoms with Crippen LogP contribution in [-0.4, -0.2) is 85.0 Å². The number of hydrogen-bond donors (Lipinski definition) is 2. The van der Waals surface area contributed by atoms with Crippen LogP contribution in [0.2, 0.25) is 0 Å². The summed E-state index contributed by atoms with van der Waals surface area (Å²) in [5.74, 6) is -3.64. The van der Waals surface area contributed by atoms with Crippen LogP contribution in [0.1, 0.15) is 16.8 Å². The number of carbonyl (C=O) groups is 3. The number of aromatic nitrogens is 2. The fourth-order valence-corrected chi connectivity index (χ4v) is 5.42. The molecule has 2 aliphatic rings. The molecule has 1 spiro atoms. The molecular formula is C25H21F6N3O6S. The van der Waals surface area contributed by atoms with Crippen molar-refractivity contribution in [2.45, 2.75) is 29.6 Å². The second-order valence-corrected chi connectivity index (χ2v) is 10.3. The first-order valence-electron chi connectivity index (χ1n) is 11.5. The lowest BCUT2D eigenvalue weighted by Gasteiger charge is -2.47. The highest BCUT2D eigenvalue weighted by molar-refractivity contribution is 8.01. The predicted octanol–water partition coefficient (Wildman–Crippen LogP) is 4.68. The van der Waals surface area contributed by atoms with Gasteiger partial charge in [0, 0.05) is 48.6 Å². The van der Waals surface area contributed by atoms with Crippen molar-refractivity contribution in [2.24, 2.45) is 0 Å². The summed E-state index contributed by atoms with van der Waals surface area (Å²) in [4.78, 5) is 41.0. The van der Waals surface area contributed by atoms with Crippen LogP contribution in [0.3, 0.4) is 0 Å². The lowest BCUT2D eigenvalue weighted by Crippen LogP contribution is -2.60. The van der Waals surface area contributed by atoms with Gasteiger partial charge in [0.1, 0.15) is 11.9 Å². The maximum Gasteiger partial charge on any atom is 0.490 e. The van der Waals surface area contributed by atoms with Gasteiger partial charge in [0.15, 0.2) is 0 Å². The lowest BCUT2D eigenvalue weighted by molar-refractivity contribution is -0.193. The van der Waals surface area contributed by atoms with Crippen molar-refractivity contribution >= 4 is 40.5 Å². The number of hydrogen-bond acceptors (Lipinski definition) is 7. The summed E-state index contributed by atoms with van der Waals surface area (Å²) in [6.45, 7) is 1.57. The van der Waals surface area contributed by atoms with Gasteiger partial charge in [-0.25, -0.2) is 9.59 Å². The van der Waals surface area contributed by atoms with Gasteiger partial charge in [0.05, 0.1) is 16.5 Å². The Morgan fingerprint density at radius 1 is 0.951 bits per heavy atom. The van der Waals surface area contributed by atoms with E-state index in [9.17, 15) is 31.1 Å². The third kappa shape index (κ3) is 8.70. The molecule has 2 aromatic heterocycles. The number of carboxylic acids is 2. The number of likely N-dealkylation sites (tertiary alicyclic amines) is 1. The largest absolute Gasteiger partial charge is 0.490 e. The van der Waals surface area contributed by atoms with Crippen molar-refractivity contribution in [2.75, 3.05) is 18.8 Å². The predicted molar refractivity (Wildman–Crippen MR) is 133 cm³/mol. The number of benzene rings is 1. The summed E-state index contributed by atoms with van der Waals surface area (Å²) in [5, 5.41) is 15.2. The summed E-state index contributed by atoms with van der Waals surface area (Å²) in [7, 11) is 0. The summed E-state index contributed by atoms with van der Waals surface area (Å²) < 4.78 is 69.7. The van der Waals surface area contributed by atoms with E-state index in [2.05, 4.69) is 9.97 Å². The van der Waals surface area contributed by atoms with Gasteiger partial charge < -0.3 is 19.8 Å². The molecule has 2 aliphatic heterocycles. The van der Waals surface area contributed by atoms with Gasteiger partial charge in [0.25, 0.3) is 5.91 Å². The second-order valence-electron chi connectivity index (χ2n) is 8.80. The molecule has 9 nitrogen and oxygen atoms in total. The molecule has 1 unspecified atom stereocenters. The fourth-order valence-electron chi connectivity index (χ4n) is 3.89. The highest BCUT2D eigenvalue weighted by Gasteiger charge is 2.51. The number of rotatable bonds is 3. The molecule has 0 bridgehead atoms. The van der Waals surface area contributed by atoms with E-state index in [1.165, 1.54) is 0 Å². The number of nitrogens with zero attached hydrogens (tertiary/aromatic N) is 3. The average Bonchev–Trinajstić information content (AvgIpc) is 3.31. The van der Waals surface area contributed by atoms with E-state index in [0.717, 1.165) is 47.5 Å². The zero-order valence-electron chi connectivity index (χ0n) is 20.7. The second kappa shape index (κ2) is 12.6. The Morgan fingerprint density at radius 2 is 1.56 bits per heavy atom. The van der Waals surface area contributed by atoms with E-state index in [-0.39, 0.29) is 16.8 Å². The van der Waals surface area contributed by atoms with Crippen LogP contribution in [-0.2, 0) is 9.59 Å². The third-order valence-corrected chi connectivity index (χ3v) is 7.27. The number of carbonyl (C=O) groups excluding carboxylic acids is 1. The number of halogens is 6. The summed E-state index contributed by atoms with van der Waals surface area (Å²) in [6, 6.07) is 13.4. The number of aliphatic carboxylic acids is 2. The van der Waals surface area contributed by atoms with Crippen molar-refractivity contribution in [3.63, 3.8) is 0 Å². The summed E-state index contributed by atoms with van der Waals surface area (Å²) in [6.07, 6.45) is -3.75. The van der Waals surface area contributed by atoms with E-state index in [1.807, 2.05) is 59.1 Å². The van der Waals surface area contributed by atoms with Gasteiger partial charge >= 0.3 is 24.3 Å². The van der Waals surface area contributed by atoms with Crippen molar-refractivity contribution in [1.82, 2.24) is 14.9 Å². The van der Waals surface area contributed by atoms with E-state index in [4.69, 9.17) is 24.5 Å². The van der Waals surface area contributed by atoms with Gasteiger partial charge in [-0.3, -0.25) is 14.8 Å². The number of pyridine rings is 2. The Morgan fingerprint density at radius 3 is 2.12 bits per heavy atom. The number of fused-ring (bicyclic) bond motifs is 1. The van der Waals surface area contributed by atoms with E-state index in [1.54, 1.807) is 18.6 Å². The van der Waals surface area contributed by atoms with Crippen LogP contribution in [0.15, 0.2) is 61.1 Å². The van der Waals surface area contributed by atoms with E-state index in [0.29, 0.717) is 0 Å². The van der Waals surface area contributed by atoms with Crippen LogP contribution in [0, 0.1) is 0 Å². The molecule has 0 saturated carbocycles. The highest BCUT2D eigenvalue weighted by Crippen LogP contribution is 2.46. The van der Waals surface area contributed by atoms with Crippen LogP contribution in [0.5, 0.6) is 5.75 Å². The summed E-state index contributed by atoms with van der Waals surface area (Å²) in [5.41, 5.74) is 1.65. The molecule has 2 N–H and O–H groups in total. The van der Waals surface area contributed by atoms with E-state index >= 15 is 0 Å². The molecule has 5 rings (SSSR count). The molecule has 41 heavy (non-hydrogen) atoms. The minimum atomic E-state index is -5.08. The van der Waals surface area contributed by atoms with Crippen LogP contribution >= 0.6 is 11.8 Å². The molecule has 220 valence electrons. The Hall–Kier alpha value is -4.08. The summed E-state index contributed by atoms with van der Waals surface area (Å²) >= 11 is 1.93. The van der Waals surface area contributed by atoms with Crippen molar-refractivity contribution in [3.05, 3.63) is 66.6 Å². The molecule has 0 aliphatic carbocycles. The minimum Gasteiger partial charge on any atom is -0.488 e. The lowest BCUT2D eigenvalue weighted by atomic mass is 9.92. The molecule has 3 aromatic rings. The monoisotopic (exact) mass is 605 g/mol. The van der Waals surface area contributed by atoms with E-state index < -0.39 is 24.3 Å². The molecular weight excluding hydrogens is 584 g/mol. The molecule has 1 aromatic carbocycles. The quantitative estimate of drug-likeness (QED) is 0.409. The van der Waals surface area contributed by atoms with Gasteiger partial charge in [0.2, 0.25) is 0 Å². The molecule has 1 atom stereocenters. The molecule has 2 fully saturated rings. The van der Waals surface area contributed by atoms with Crippen LogP contribution in [0.4, 0.5) is 26.3 Å². The van der Waals surface area contributed by atoms with Crippen LogP contribution in [0.25, 0.3) is 10.9 Å². The van der Waals surface area contributed by atoms with Crippen molar-refractivity contribution in [3.8, 4) is 5.75 Å². The highest BCUT2D eigenvalue weighted by atomic mass is 32.2. The topological polar surface area (TPSA) is 130 Å². The number of thioether (sulfide) groups is 1. The number of amides is 1. The first-order valence-corrected chi connectivity index (χ1v) is 12.5. The van der Waals surface area contributed by atoms with Crippen LogP contribution < -0.4 is 4.74 Å². The molecule has 16 heteroatoms. The number of carboxylic acid groups (broad SMARTS) is 2. The zero-order chi connectivity index (χ0) is 30.4. The zero-order valence-corrected chi connectivity index (χ0v) is 21.5. The first-order chi connectivity index (χ1) is 19.1. The average molecular weight is 606 g/mol. The van der Waals surface area contributed by atoms with Gasteiger partial charge in [-0.15, -0.1) is 11.8 Å². The van der Waals surface area contributed by atoms with Gasteiger partial charge in [-0.05, 0) is 36.4 Å². The Kier molecular flexibility index (Phi) is 9.68. The number of ether oxygens (including phenoxy) is 1. The van der Waals surface area contributed by atoms with Gasteiger partial charge in [-0.2, -0.15) is 26.3 Å². The van der Waals surface area contributed by atoms with Crippen molar-refractivity contribution < 1.29 is 55.7 Å². The molecule has 1 amide bonds. The SMILES string of the molecule is O=C(O)C(F)(F)F.O=C(O)C(F)(F)F.O=C(c1ccc2ncccc2c1)N1CC2(CC(Oc3cccnc3)CS2)C1. The first kappa shape index (κ1) is 31.4. The molecule has 0 radical (unpaired) electrons. The maximum absolute atomic E-state index is 12.8. The molecule has 2 saturated heterocycles. The fraction of sp³-hybridized carbons (Fsp3) is 0.320. The number of alkyl halides is 6. The minimum absolute atomic E-state index is 0.101. The smallest absolute Gasteiger partial charge is 0.488 e. The Labute approximate surface area is 232 Å². The molecule has 4 heterocycles. The Bertz CT molecular complexity index is 1360.